The zero-order chi connectivity index (χ0) is 20.7. The number of aromatic amines is 1. The largest absolute Gasteiger partial charge is 0.416 e. The van der Waals surface area contributed by atoms with Gasteiger partial charge >= 0.3 is 6.18 Å². The van der Waals surface area contributed by atoms with Crippen LogP contribution in [0.15, 0.2) is 55.0 Å². The lowest BCUT2D eigenvalue weighted by molar-refractivity contribution is -0.137. The van der Waals surface area contributed by atoms with Gasteiger partial charge in [0.2, 0.25) is 0 Å². The number of halogens is 3. The Balaban J connectivity index is 1.69. The van der Waals surface area contributed by atoms with Gasteiger partial charge in [0.05, 0.1) is 5.56 Å². The van der Waals surface area contributed by atoms with E-state index in [-0.39, 0.29) is 6.23 Å². The molecule has 1 aromatic carbocycles. The number of benzene rings is 1. The van der Waals surface area contributed by atoms with E-state index in [1.165, 1.54) is 6.07 Å². The molecule has 8 heteroatoms. The highest BCUT2D eigenvalue weighted by Gasteiger charge is 2.31. The molecule has 30 heavy (non-hydrogen) atoms. The normalized spacial score (nSPS) is 17.5. The van der Waals surface area contributed by atoms with Gasteiger partial charge in [-0.2, -0.15) is 18.3 Å². The van der Waals surface area contributed by atoms with E-state index in [1.807, 2.05) is 18.3 Å². The molecule has 5 nitrogen and oxygen atoms in total. The maximum Gasteiger partial charge on any atom is 0.416 e. The van der Waals surface area contributed by atoms with Crippen molar-refractivity contribution in [2.24, 2.45) is 0 Å². The van der Waals surface area contributed by atoms with Crippen LogP contribution in [-0.4, -0.2) is 26.4 Å². The molecule has 0 saturated carbocycles. The SMILES string of the molecule is FC(F)(F)c1cccc(-c2nn(C3CCCCO3)cc2-c2ccnc3[nH]ccc23)c1. The summed E-state index contributed by atoms with van der Waals surface area (Å²) >= 11 is 0. The minimum atomic E-state index is -4.42. The Morgan fingerprint density at radius 1 is 1.10 bits per heavy atom. The Hall–Kier alpha value is -3.13. The molecule has 5 rings (SSSR count). The van der Waals surface area contributed by atoms with Crippen LogP contribution in [0.5, 0.6) is 0 Å². The molecule has 1 aliphatic heterocycles. The molecular formula is C22H19F3N4O. The molecule has 4 aromatic rings. The number of aromatic nitrogens is 4. The van der Waals surface area contributed by atoms with Gasteiger partial charge in [0.25, 0.3) is 0 Å². The average molecular weight is 412 g/mol. The molecule has 1 N–H and O–H groups in total. The van der Waals surface area contributed by atoms with Crippen LogP contribution in [-0.2, 0) is 10.9 Å². The second-order valence-corrected chi connectivity index (χ2v) is 7.37. The van der Waals surface area contributed by atoms with Gasteiger partial charge in [-0.1, -0.05) is 12.1 Å². The zero-order valence-corrected chi connectivity index (χ0v) is 16.0. The van der Waals surface area contributed by atoms with Crippen LogP contribution in [0.4, 0.5) is 13.2 Å². The van der Waals surface area contributed by atoms with Crippen LogP contribution in [0.3, 0.4) is 0 Å². The molecular weight excluding hydrogens is 393 g/mol. The summed E-state index contributed by atoms with van der Waals surface area (Å²) in [6.07, 6.45) is 3.54. The summed E-state index contributed by atoms with van der Waals surface area (Å²) in [6.45, 7) is 0.649. The van der Waals surface area contributed by atoms with Crippen LogP contribution in [0.1, 0.15) is 31.1 Å². The fraction of sp³-hybridized carbons (Fsp3) is 0.273. The lowest BCUT2D eigenvalue weighted by Crippen LogP contribution is -2.18. The van der Waals surface area contributed by atoms with Gasteiger partial charge in [0.1, 0.15) is 17.6 Å². The third-order valence-electron chi connectivity index (χ3n) is 5.40. The van der Waals surface area contributed by atoms with Gasteiger partial charge in [-0.3, -0.25) is 0 Å². The summed E-state index contributed by atoms with van der Waals surface area (Å²) in [7, 11) is 0. The van der Waals surface area contributed by atoms with E-state index >= 15 is 0 Å². The number of fused-ring (bicyclic) bond motifs is 1. The van der Waals surface area contributed by atoms with Gasteiger partial charge in [0.15, 0.2) is 0 Å². The molecule has 0 bridgehead atoms. The number of hydrogen-bond acceptors (Lipinski definition) is 3. The standard InChI is InChI=1S/C22H19F3N4O/c23-22(24,25)15-5-3-4-14(12-15)20-18(13-29(28-20)19-6-1-2-11-30-19)16-7-9-26-21-17(16)8-10-27-21/h3-5,7-10,12-13,19H,1-2,6,11H2,(H,26,27). The Morgan fingerprint density at radius 3 is 2.80 bits per heavy atom. The van der Waals surface area contributed by atoms with Gasteiger partial charge in [0, 0.05) is 41.7 Å². The number of rotatable bonds is 3. The van der Waals surface area contributed by atoms with Crippen molar-refractivity contribution < 1.29 is 17.9 Å². The molecule has 154 valence electrons. The Labute approximate surface area is 170 Å². The average Bonchev–Trinajstić information content (AvgIpc) is 3.41. The van der Waals surface area contributed by atoms with Gasteiger partial charge in [-0.05, 0) is 49.1 Å². The van der Waals surface area contributed by atoms with E-state index in [4.69, 9.17) is 4.74 Å². The maximum absolute atomic E-state index is 13.3. The van der Waals surface area contributed by atoms with E-state index in [1.54, 1.807) is 23.1 Å². The molecule has 1 atom stereocenters. The van der Waals surface area contributed by atoms with Crippen molar-refractivity contribution in [2.75, 3.05) is 6.61 Å². The van der Waals surface area contributed by atoms with Crippen molar-refractivity contribution in [3.63, 3.8) is 0 Å². The van der Waals surface area contributed by atoms with Crippen molar-refractivity contribution in [2.45, 2.75) is 31.7 Å². The minimum Gasteiger partial charge on any atom is -0.357 e. The predicted octanol–water partition coefficient (Wildman–Crippen LogP) is 5.81. The highest BCUT2D eigenvalue weighted by atomic mass is 19.4. The van der Waals surface area contributed by atoms with E-state index in [9.17, 15) is 13.2 Å². The quantitative estimate of drug-likeness (QED) is 0.462. The molecule has 0 spiro atoms. The van der Waals surface area contributed by atoms with Gasteiger partial charge < -0.3 is 9.72 Å². The van der Waals surface area contributed by atoms with Gasteiger partial charge in [-0.15, -0.1) is 0 Å². The molecule has 1 unspecified atom stereocenters. The van der Waals surface area contributed by atoms with Crippen molar-refractivity contribution in [1.82, 2.24) is 19.7 Å². The first-order valence-corrected chi connectivity index (χ1v) is 9.81. The first kappa shape index (κ1) is 18.9. The van der Waals surface area contributed by atoms with Crippen LogP contribution in [0.2, 0.25) is 0 Å². The van der Waals surface area contributed by atoms with Crippen molar-refractivity contribution in [3.8, 4) is 22.4 Å². The van der Waals surface area contributed by atoms with Crippen LogP contribution in [0, 0.1) is 0 Å². The summed E-state index contributed by atoms with van der Waals surface area (Å²) in [6, 6.07) is 9.05. The number of hydrogen-bond donors (Lipinski definition) is 1. The third-order valence-corrected chi connectivity index (χ3v) is 5.40. The van der Waals surface area contributed by atoms with E-state index in [2.05, 4.69) is 15.1 Å². The Morgan fingerprint density at radius 2 is 2.00 bits per heavy atom. The van der Waals surface area contributed by atoms with E-state index < -0.39 is 11.7 Å². The maximum atomic E-state index is 13.3. The van der Waals surface area contributed by atoms with Crippen molar-refractivity contribution in [3.05, 3.63) is 60.6 Å². The van der Waals surface area contributed by atoms with Crippen molar-refractivity contribution >= 4 is 11.0 Å². The van der Waals surface area contributed by atoms with Crippen LogP contribution in [0.25, 0.3) is 33.4 Å². The first-order valence-electron chi connectivity index (χ1n) is 9.81. The monoisotopic (exact) mass is 412 g/mol. The summed E-state index contributed by atoms with van der Waals surface area (Å²) in [4.78, 5) is 7.39. The molecule has 1 saturated heterocycles. The van der Waals surface area contributed by atoms with Crippen molar-refractivity contribution in [1.29, 1.82) is 0 Å². The number of pyridine rings is 1. The number of nitrogens with zero attached hydrogens (tertiary/aromatic N) is 3. The number of H-pyrrole nitrogens is 1. The lowest BCUT2D eigenvalue weighted by Gasteiger charge is -2.22. The van der Waals surface area contributed by atoms with E-state index in [0.717, 1.165) is 47.9 Å². The van der Waals surface area contributed by atoms with Gasteiger partial charge in [-0.25, -0.2) is 9.67 Å². The van der Waals surface area contributed by atoms with Crippen LogP contribution < -0.4 is 0 Å². The van der Waals surface area contributed by atoms with E-state index in [0.29, 0.717) is 23.5 Å². The lowest BCUT2D eigenvalue weighted by atomic mass is 9.99. The summed E-state index contributed by atoms with van der Waals surface area (Å²) in [5.74, 6) is 0. The number of alkyl halides is 3. The summed E-state index contributed by atoms with van der Waals surface area (Å²) < 4.78 is 47.5. The molecule has 1 aliphatic rings. The summed E-state index contributed by atoms with van der Waals surface area (Å²) in [5.41, 5.74) is 2.52. The molecule has 1 fully saturated rings. The molecule has 0 aliphatic carbocycles. The smallest absolute Gasteiger partial charge is 0.357 e. The Bertz CT molecular complexity index is 1190. The number of nitrogens with one attached hydrogen (secondary N) is 1. The highest BCUT2D eigenvalue weighted by Crippen LogP contribution is 2.38. The molecule has 0 radical (unpaired) electrons. The first-order chi connectivity index (χ1) is 14.5. The van der Waals surface area contributed by atoms with Crippen LogP contribution >= 0.6 is 0 Å². The second-order valence-electron chi connectivity index (χ2n) is 7.37. The zero-order valence-electron chi connectivity index (χ0n) is 16.0. The Kier molecular flexibility index (Phi) is 4.58. The molecule has 0 amide bonds. The minimum absolute atomic E-state index is 0.222. The summed E-state index contributed by atoms with van der Waals surface area (Å²) in [5, 5.41) is 5.57. The third kappa shape index (κ3) is 3.37. The fourth-order valence-electron chi connectivity index (χ4n) is 3.92. The highest BCUT2D eigenvalue weighted by molar-refractivity contribution is 5.96. The second kappa shape index (κ2) is 7.28. The molecule has 3 aromatic heterocycles. The molecule has 4 heterocycles. The topological polar surface area (TPSA) is 55.7 Å². The number of ether oxygens (including phenoxy) is 1. The predicted molar refractivity (Wildman–Crippen MR) is 107 cm³/mol. The fourth-order valence-corrected chi connectivity index (χ4v) is 3.92.